The van der Waals surface area contributed by atoms with Crippen LogP contribution in [0.3, 0.4) is 0 Å². The third-order valence-electron chi connectivity index (χ3n) is 2.80. The van der Waals surface area contributed by atoms with Gasteiger partial charge in [-0.3, -0.25) is 4.79 Å². The van der Waals surface area contributed by atoms with Crippen LogP contribution in [0.5, 0.6) is 5.75 Å². The van der Waals surface area contributed by atoms with E-state index in [1.54, 1.807) is 6.07 Å². The highest BCUT2D eigenvalue weighted by atomic mass is 79.9. The van der Waals surface area contributed by atoms with Gasteiger partial charge in [0.05, 0.1) is 18.6 Å². The normalized spacial score (nSPS) is 14.2. The highest BCUT2D eigenvalue weighted by Gasteiger charge is 2.37. The first-order chi connectivity index (χ1) is 8.40. The van der Waals surface area contributed by atoms with E-state index < -0.39 is 24.7 Å². The van der Waals surface area contributed by atoms with Gasteiger partial charge in [0.2, 0.25) is 0 Å². The van der Waals surface area contributed by atoms with Crippen molar-refractivity contribution in [2.75, 3.05) is 6.61 Å². The fraction of sp³-hybridized carbons (Fsp3) is 0.417. The van der Waals surface area contributed by atoms with Crippen molar-refractivity contribution in [1.82, 2.24) is 0 Å². The molecule has 0 spiro atoms. The van der Waals surface area contributed by atoms with E-state index in [1.807, 2.05) is 0 Å². The van der Waals surface area contributed by atoms with Crippen LogP contribution in [-0.2, 0) is 17.1 Å². The minimum atomic E-state index is -3.20. The number of fused-ring (bicyclic) bond motifs is 1. The van der Waals surface area contributed by atoms with Crippen molar-refractivity contribution in [1.29, 1.82) is 0 Å². The summed E-state index contributed by atoms with van der Waals surface area (Å²) >= 11 is 3.18. The molecule has 0 bridgehead atoms. The van der Waals surface area contributed by atoms with E-state index in [0.29, 0.717) is 17.5 Å². The Morgan fingerprint density at radius 1 is 1.50 bits per heavy atom. The molecule has 1 heterocycles. The largest absolute Gasteiger partial charge is 0.492 e. The Morgan fingerprint density at radius 2 is 2.22 bits per heavy atom. The molecule has 0 amide bonds. The second kappa shape index (κ2) is 4.84. The van der Waals surface area contributed by atoms with Crippen LogP contribution >= 0.6 is 15.9 Å². The zero-order chi connectivity index (χ0) is 13.3. The van der Waals surface area contributed by atoms with Crippen molar-refractivity contribution < 1.29 is 23.4 Å². The summed E-state index contributed by atoms with van der Waals surface area (Å²) in [6, 6.07) is 3.05. The maximum absolute atomic E-state index is 14.0. The lowest BCUT2D eigenvalue weighted by Gasteiger charge is -2.19. The van der Waals surface area contributed by atoms with Gasteiger partial charge in [0.15, 0.2) is 0 Å². The maximum atomic E-state index is 14.0. The molecule has 0 unspecified atom stereocenters. The van der Waals surface area contributed by atoms with Crippen molar-refractivity contribution in [2.24, 2.45) is 0 Å². The highest BCUT2D eigenvalue weighted by Crippen LogP contribution is 2.43. The van der Waals surface area contributed by atoms with Gasteiger partial charge in [-0.2, -0.15) is 0 Å². The average molecular weight is 321 g/mol. The van der Waals surface area contributed by atoms with Crippen molar-refractivity contribution in [3.63, 3.8) is 0 Å². The second-order valence-electron chi connectivity index (χ2n) is 4.14. The molecule has 6 heteroatoms. The molecule has 2 rings (SSSR count). The number of hydrogen-bond acceptors (Lipinski definition) is 2. The summed E-state index contributed by atoms with van der Waals surface area (Å²) in [5, 5.41) is 8.50. The monoisotopic (exact) mass is 320 g/mol. The molecular formula is C12H11BrF2O3. The molecule has 0 atom stereocenters. The predicted molar refractivity (Wildman–Crippen MR) is 64.1 cm³/mol. The van der Waals surface area contributed by atoms with Crippen LogP contribution in [0.15, 0.2) is 16.6 Å². The van der Waals surface area contributed by atoms with Crippen molar-refractivity contribution in [3.05, 3.63) is 27.7 Å². The van der Waals surface area contributed by atoms with E-state index >= 15 is 0 Å². The van der Waals surface area contributed by atoms with Crippen LogP contribution in [0.1, 0.15) is 24.0 Å². The Bertz CT molecular complexity index is 488. The van der Waals surface area contributed by atoms with E-state index in [1.165, 1.54) is 6.07 Å². The number of carboxylic acid groups (broad SMARTS) is 1. The summed E-state index contributed by atoms with van der Waals surface area (Å²) in [5.74, 6) is -4.23. The van der Waals surface area contributed by atoms with Crippen LogP contribution in [-0.4, -0.2) is 17.7 Å². The van der Waals surface area contributed by atoms with Crippen molar-refractivity contribution in [2.45, 2.75) is 25.2 Å². The minimum absolute atomic E-state index is 0.202. The fourth-order valence-corrected chi connectivity index (χ4v) is 2.44. The second-order valence-corrected chi connectivity index (χ2v) is 5.05. The lowest BCUT2D eigenvalue weighted by atomic mass is 9.99. The van der Waals surface area contributed by atoms with E-state index in [9.17, 15) is 13.6 Å². The zero-order valence-electron chi connectivity index (χ0n) is 9.38. The highest BCUT2D eigenvalue weighted by molar-refractivity contribution is 9.10. The van der Waals surface area contributed by atoms with Gasteiger partial charge in [-0.15, -0.1) is 0 Å². The first-order valence-corrected chi connectivity index (χ1v) is 6.25. The number of carbonyl (C=O) groups is 1. The Morgan fingerprint density at radius 3 is 2.89 bits per heavy atom. The first-order valence-electron chi connectivity index (χ1n) is 5.45. The summed E-state index contributed by atoms with van der Waals surface area (Å²) in [4.78, 5) is 10.4. The number of alkyl halides is 2. The number of rotatable bonds is 4. The number of halogens is 3. The Hall–Kier alpha value is -1.17. The third-order valence-corrected chi connectivity index (χ3v) is 3.25. The van der Waals surface area contributed by atoms with E-state index in [0.717, 1.165) is 5.56 Å². The Kier molecular flexibility index (Phi) is 3.56. The van der Waals surface area contributed by atoms with E-state index in [4.69, 9.17) is 9.84 Å². The van der Waals surface area contributed by atoms with Crippen LogP contribution in [0.25, 0.3) is 0 Å². The summed E-state index contributed by atoms with van der Waals surface area (Å²) in [6.45, 7) is 0.383. The third kappa shape index (κ3) is 2.63. The lowest BCUT2D eigenvalue weighted by Crippen LogP contribution is -2.16. The van der Waals surface area contributed by atoms with Gasteiger partial charge in [0.1, 0.15) is 5.75 Å². The van der Waals surface area contributed by atoms with Gasteiger partial charge in [0, 0.05) is 17.3 Å². The number of carboxylic acids is 1. The number of ether oxygens (including phenoxy) is 1. The summed E-state index contributed by atoms with van der Waals surface area (Å²) in [5.41, 5.74) is 0.500. The van der Waals surface area contributed by atoms with Crippen LogP contribution in [0.4, 0.5) is 8.78 Å². The van der Waals surface area contributed by atoms with E-state index in [-0.39, 0.29) is 11.3 Å². The topological polar surface area (TPSA) is 46.5 Å². The average Bonchev–Trinajstić information content (AvgIpc) is 2.73. The summed E-state index contributed by atoms with van der Waals surface area (Å²) in [7, 11) is 0. The molecule has 1 aromatic carbocycles. The van der Waals surface area contributed by atoms with Gasteiger partial charge in [-0.05, 0) is 17.7 Å². The van der Waals surface area contributed by atoms with E-state index in [2.05, 4.69) is 15.9 Å². The molecule has 1 aliphatic rings. The molecular weight excluding hydrogens is 310 g/mol. The zero-order valence-corrected chi connectivity index (χ0v) is 11.0. The van der Waals surface area contributed by atoms with Crippen LogP contribution < -0.4 is 4.74 Å². The number of aliphatic carboxylic acids is 1. The molecule has 1 aliphatic heterocycles. The van der Waals surface area contributed by atoms with Gasteiger partial charge < -0.3 is 9.84 Å². The minimum Gasteiger partial charge on any atom is -0.492 e. The molecule has 1 N–H and O–H groups in total. The molecule has 0 saturated heterocycles. The molecule has 98 valence electrons. The number of benzene rings is 1. The Labute approximate surface area is 111 Å². The van der Waals surface area contributed by atoms with Crippen LogP contribution in [0.2, 0.25) is 0 Å². The van der Waals surface area contributed by atoms with Gasteiger partial charge in [0.25, 0.3) is 5.92 Å². The molecule has 1 aromatic rings. The van der Waals surface area contributed by atoms with Crippen molar-refractivity contribution >= 4 is 21.9 Å². The predicted octanol–water partition coefficient (Wildman–Crippen LogP) is 3.34. The summed E-state index contributed by atoms with van der Waals surface area (Å²) < 4.78 is 33.8. The molecule has 0 saturated carbocycles. The molecule has 0 fully saturated rings. The molecule has 0 radical (unpaired) electrons. The smallest absolute Gasteiger partial charge is 0.303 e. The van der Waals surface area contributed by atoms with Crippen LogP contribution in [0, 0.1) is 0 Å². The quantitative estimate of drug-likeness (QED) is 0.925. The SMILES string of the molecule is O=C(O)CCC(F)(F)c1cc(Br)cc2c1OCC2. The van der Waals surface area contributed by atoms with Gasteiger partial charge in [-0.25, -0.2) is 8.78 Å². The molecule has 0 aromatic heterocycles. The molecule has 18 heavy (non-hydrogen) atoms. The maximum Gasteiger partial charge on any atom is 0.303 e. The van der Waals surface area contributed by atoms with Gasteiger partial charge >= 0.3 is 5.97 Å². The molecule has 3 nitrogen and oxygen atoms in total. The lowest BCUT2D eigenvalue weighted by molar-refractivity contribution is -0.139. The van der Waals surface area contributed by atoms with Crippen molar-refractivity contribution in [3.8, 4) is 5.75 Å². The number of hydrogen-bond donors (Lipinski definition) is 1. The van der Waals surface area contributed by atoms with Gasteiger partial charge in [-0.1, -0.05) is 15.9 Å². The Balaban J connectivity index is 2.35. The molecule has 0 aliphatic carbocycles. The standard InChI is InChI=1S/C12H11BrF2O3/c13-8-5-7-2-4-18-11(7)9(6-8)12(14,15)3-1-10(16)17/h5-6H,1-4H2,(H,16,17). The fourth-order valence-electron chi connectivity index (χ4n) is 1.94. The summed E-state index contributed by atoms with van der Waals surface area (Å²) in [6.07, 6.45) is -0.709. The first kappa shape index (κ1) is 13.3.